The first-order valence-electron chi connectivity index (χ1n) is 14.2. The molecule has 2 aliphatic rings. The minimum Gasteiger partial charge on any atom is -0.351 e. The fourth-order valence-corrected chi connectivity index (χ4v) is 6.64. The lowest BCUT2D eigenvalue weighted by molar-refractivity contribution is -0.123. The Morgan fingerprint density at radius 2 is 1.76 bits per heavy atom. The van der Waals surface area contributed by atoms with Crippen molar-refractivity contribution < 1.29 is 9.59 Å². The molecule has 2 aliphatic heterocycles. The summed E-state index contributed by atoms with van der Waals surface area (Å²) >= 11 is 12.7. The smallest absolute Gasteiger partial charge is 0.238 e. The summed E-state index contributed by atoms with van der Waals surface area (Å²) in [7, 11) is 0. The summed E-state index contributed by atoms with van der Waals surface area (Å²) in [4.78, 5) is 27.9. The van der Waals surface area contributed by atoms with Crippen molar-refractivity contribution in [3.8, 4) is 0 Å². The van der Waals surface area contributed by atoms with E-state index < -0.39 is 17.5 Å². The van der Waals surface area contributed by atoms with Gasteiger partial charge >= 0.3 is 0 Å². The lowest BCUT2D eigenvalue weighted by Gasteiger charge is -2.39. The van der Waals surface area contributed by atoms with Crippen LogP contribution in [0.4, 0.5) is 5.69 Å². The fraction of sp³-hybridized carbons (Fsp3) is 0.394. The van der Waals surface area contributed by atoms with Crippen molar-refractivity contribution in [1.29, 1.82) is 0 Å². The predicted octanol–water partition coefficient (Wildman–Crippen LogP) is 6.15. The second-order valence-electron chi connectivity index (χ2n) is 12.5. The second-order valence-corrected chi connectivity index (χ2v) is 13.3. The molecular weight excluding hydrogens is 555 g/mol. The van der Waals surface area contributed by atoms with Gasteiger partial charge in [-0.2, -0.15) is 0 Å². The molecule has 4 atom stereocenters. The second kappa shape index (κ2) is 11.8. The maximum Gasteiger partial charge on any atom is 0.238 e. The molecule has 216 valence electrons. The zero-order valence-electron chi connectivity index (χ0n) is 23.8. The van der Waals surface area contributed by atoms with Gasteiger partial charge in [-0.25, -0.2) is 0 Å². The van der Waals surface area contributed by atoms with E-state index in [9.17, 15) is 9.59 Å². The molecule has 41 heavy (non-hydrogen) atoms. The molecular formula is C33H38Cl2N4O2. The topological polar surface area (TPSA) is 87.5 Å². The minimum atomic E-state index is -0.908. The van der Waals surface area contributed by atoms with Crippen molar-refractivity contribution in [1.82, 2.24) is 10.6 Å². The third-order valence-electron chi connectivity index (χ3n) is 8.24. The number of rotatable bonds is 7. The van der Waals surface area contributed by atoms with Gasteiger partial charge in [0.05, 0.1) is 11.6 Å². The molecule has 0 saturated carbocycles. The Hall–Kier alpha value is -2.90. The average Bonchev–Trinajstić information content (AvgIpc) is 3.48. The Morgan fingerprint density at radius 3 is 2.37 bits per heavy atom. The van der Waals surface area contributed by atoms with Crippen LogP contribution in [0.3, 0.4) is 0 Å². The van der Waals surface area contributed by atoms with Crippen LogP contribution in [-0.4, -0.2) is 30.4 Å². The number of benzene rings is 3. The van der Waals surface area contributed by atoms with Crippen LogP contribution in [-0.2, 0) is 21.7 Å². The Bertz CT molecular complexity index is 1400. The van der Waals surface area contributed by atoms with Crippen molar-refractivity contribution in [2.45, 2.75) is 70.1 Å². The SMILES string of the molecule is CC(C)(C)C[C@@H]1N[C@@H](C(=O)NCc2ccc(N3CCCC3=O)cc2)[C@H](c2cccc(Cl)c2)[C@@]1(N)c1ccc(Cl)cc1. The highest BCUT2D eigenvalue weighted by Gasteiger charge is 2.56. The van der Waals surface area contributed by atoms with Gasteiger partial charge in [-0.15, -0.1) is 0 Å². The van der Waals surface area contributed by atoms with Gasteiger partial charge in [-0.1, -0.05) is 80.4 Å². The van der Waals surface area contributed by atoms with Crippen LogP contribution in [0.2, 0.25) is 10.0 Å². The number of nitrogens with two attached hydrogens (primary N) is 1. The number of halogens is 2. The number of nitrogens with zero attached hydrogens (tertiary/aromatic N) is 1. The first-order valence-corrected chi connectivity index (χ1v) is 14.9. The highest BCUT2D eigenvalue weighted by atomic mass is 35.5. The Labute approximate surface area is 252 Å². The van der Waals surface area contributed by atoms with E-state index >= 15 is 0 Å². The zero-order valence-corrected chi connectivity index (χ0v) is 25.3. The fourth-order valence-electron chi connectivity index (χ4n) is 6.31. The number of hydrogen-bond donors (Lipinski definition) is 3. The third-order valence-corrected chi connectivity index (χ3v) is 8.73. The van der Waals surface area contributed by atoms with E-state index in [1.807, 2.05) is 77.7 Å². The highest BCUT2D eigenvalue weighted by Crippen LogP contribution is 2.48. The first kappa shape index (κ1) is 29.6. The van der Waals surface area contributed by atoms with E-state index in [2.05, 4.69) is 31.4 Å². The van der Waals surface area contributed by atoms with E-state index in [0.29, 0.717) is 23.0 Å². The normalized spacial score (nSPS) is 24.6. The van der Waals surface area contributed by atoms with Gasteiger partial charge in [-0.05, 0) is 71.3 Å². The van der Waals surface area contributed by atoms with E-state index in [1.54, 1.807) is 0 Å². The monoisotopic (exact) mass is 592 g/mol. The van der Waals surface area contributed by atoms with Gasteiger partial charge in [0, 0.05) is 47.2 Å². The summed E-state index contributed by atoms with van der Waals surface area (Å²) in [5.74, 6) is -0.367. The Morgan fingerprint density at radius 1 is 1.05 bits per heavy atom. The summed E-state index contributed by atoms with van der Waals surface area (Å²) in [6, 6.07) is 22.3. The summed E-state index contributed by atoms with van der Waals surface area (Å²) in [6.45, 7) is 7.64. The van der Waals surface area contributed by atoms with Crippen molar-refractivity contribution in [3.63, 3.8) is 0 Å². The predicted molar refractivity (Wildman–Crippen MR) is 166 cm³/mol. The number of hydrogen-bond acceptors (Lipinski definition) is 4. The maximum absolute atomic E-state index is 14.0. The molecule has 8 heteroatoms. The third kappa shape index (κ3) is 6.31. The molecule has 0 radical (unpaired) electrons. The van der Waals surface area contributed by atoms with Crippen LogP contribution in [0.15, 0.2) is 72.8 Å². The quantitative estimate of drug-likeness (QED) is 0.307. The summed E-state index contributed by atoms with van der Waals surface area (Å²) in [6.07, 6.45) is 2.23. The van der Waals surface area contributed by atoms with Gasteiger partial charge in [-0.3, -0.25) is 9.59 Å². The number of amides is 2. The standard InChI is InChI=1S/C33H38Cl2N4O2/c1-32(2,3)19-27-33(36,23-11-13-24(34)14-12-23)29(22-6-4-7-25(35)18-22)30(38-27)31(41)37-20-21-9-15-26(16-10-21)39-17-5-8-28(39)40/h4,6-7,9-16,18,27,29-30,38H,5,8,17,19-20,36H2,1-3H3,(H,37,41)/t27-,29-,30+,33+/m0/s1. The van der Waals surface area contributed by atoms with Gasteiger partial charge in [0.1, 0.15) is 0 Å². The molecule has 0 spiro atoms. The van der Waals surface area contributed by atoms with Crippen molar-refractivity contribution >= 4 is 40.7 Å². The van der Waals surface area contributed by atoms with Crippen LogP contribution in [0.5, 0.6) is 0 Å². The molecule has 0 bridgehead atoms. The van der Waals surface area contributed by atoms with E-state index in [0.717, 1.165) is 41.8 Å². The van der Waals surface area contributed by atoms with Crippen molar-refractivity contribution in [2.24, 2.45) is 11.1 Å². The summed E-state index contributed by atoms with van der Waals surface area (Å²) in [5, 5.41) is 8.01. The molecule has 2 saturated heterocycles. The number of nitrogens with one attached hydrogen (secondary N) is 2. The van der Waals surface area contributed by atoms with E-state index in [-0.39, 0.29) is 23.3 Å². The van der Waals surface area contributed by atoms with E-state index in [1.165, 1.54) is 0 Å². The molecule has 2 fully saturated rings. The molecule has 0 aliphatic carbocycles. The lowest BCUT2D eigenvalue weighted by atomic mass is 9.68. The van der Waals surface area contributed by atoms with Gasteiger partial charge in [0.25, 0.3) is 0 Å². The molecule has 4 N–H and O–H groups in total. The molecule has 3 aromatic rings. The minimum absolute atomic E-state index is 0.0442. The summed E-state index contributed by atoms with van der Waals surface area (Å²) in [5.41, 5.74) is 10.2. The Kier molecular flexibility index (Phi) is 8.49. The first-order chi connectivity index (χ1) is 19.5. The largest absolute Gasteiger partial charge is 0.351 e. The zero-order chi connectivity index (χ0) is 29.4. The van der Waals surface area contributed by atoms with E-state index in [4.69, 9.17) is 28.9 Å². The molecule has 6 nitrogen and oxygen atoms in total. The number of anilines is 1. The molecule has 2 amide bonds. The van der Waals surface area contributed by atoms with Crippen molar-refractivity contribution in [3.05, 3.63) is 99.5 Å². The van der Waals surface area contributed by atoms with Crippen LogP contribution in [0.1, 0.15) is 62.6 Å². The lowest BCUT2D eigenvalue weighted by Crippen LogP contribution is -2.51. The Balaban J connectivity index is 1.45. The van der Waals surface area contributed by atoms with Gasteiger partial charge in [0.15, 0.2) is 0 Å². The highest BCUT2D eigenvalue weighted by molar-refractivity contribution is 6.30. The molecule has 5 rings (SSSR count). The molecule has 0 unspecified atom stereocenters. The van der Waals surface area contributed by atoms with Crippen LogP contribution >= 0.6 is 23.2 Å². The average molecular weight is 594 g/mol. The van der Waals surface area contributed by atoms with Crippen LogP contribution < -0.4 is 21.3 Å². The van der Waals surface area contributed by atoms with Crippen LogP contribution in [0, 0.1) is 5.41 Å². The van der Waals surface area contributed by atoms with Crippen LogP contribution in [0.25, 0.3) is 0 Å². The molecule has 0 aromatic heterocycles. The maximum atomic E-state index is 14.0. The summed E-state index contributed by atoms with van der Waals surface area (Å²) < 4.78 is 0. The molecule has 2 heterocycles. The number of carbonyl (C=O) groups excluding carboxylic acids is 2. The van der Waals surface area contributed by atoms with Gasteiger partial charge in [0.2, 0.25) is 11.8 Å². The van der Waals surface area contributed by atoms with Gasteiger partial charge < -0.3 is 21.3 Å². The van der Waals surface area contributed by atoms with Crippen molar-refractivity contribution in [2.75, 3.05) is 11.4 Å². The molecule has 3 aromatic carbocycles. The number of carbonyl (C=O) groups is 2.